The largest absolute Gasteiger partial charge is 0.491 e. The summed E-state index contributed by atoms with van der Waals surface area (Å²) in [7, 11) is 0. The fourth-order valence-electron chi connectivity index (χ4n) is 3.52. The Balaban J connectivity index is 1.61. The standard InChI is InChI=1S/C24H23F4NO4/c1-15-11-19(6-7-21(15)16(2)30)33-14-20-13-29(9-10-32-20)23(31)8-4-17-3-5-18(25)12-22(17)24(26,27)28/h3-8,11-12,20H,9-10,13-14H2,1-2H3. The number of benzene rings is 2. The number of amides is 1. The molecule has 0 spiro atoms. The van der Waals surface area contributed by atoms with Crippen molar-refractivity contribution >= 4 is 17.8 Å². The van der Waals surface area contributed by atoms with Crippen LogP contribution in [0, 0.1) is 12.7 Å². The molecular formula is C24H23F4NO4. The van der Waals surface area contributed by atoms with Crippen molar-refractivity contribution in [3.63, 3.8) is 0 Å². The SMILES string of the molecule is CC(=O)c1ccc(OCC2CN(C(=O)C=Cc3ccc(F)cc3C(F)(F)F)CCO2)cc1C. The van der Waals surface area contributed by atoms with Crippen LogP contribution in [0.15, 0.2) is 42.5 Å². The van der Waals surface area contributed by atoms with Crippen molar-refractivity contribution in [2.24, 2.45) is 0 Å². The number of halogens is 4. The predicted molar refractivity (Wildman–Crippen MR) is 113 cm³/mol. The number of aryl methyl sites for hydroxylation is 1. The van der Waals surface area contributed by atoms with Gasteiger partial charge in [0.25, 0.3) is 0 Å². The second-order valence-corrected chi connectivity index (χ2v) is 7.68. The molecular weight excluding hydrogens is 442 g/mol. The Morgan fingerprint density at radius 2 is 1.97 bits per heavy atom. The topological polar surface area (TPSA) is 55.8 Å². The monoisotopic (exact) mass is 465 g/mol. The van der Waals surface area contributed by atoms with Crippen LogP contribution in [0.3, 0.4) is 0 Å². The van der Waals surface area contributed by atoms with Gasteiger partial charge < -0.3 is 14.4 Å². The van der Waals surface area contributed by atoms with E-state index in [-0.39, 0.29) is 37.6 Å². The van der Waals surface area contributed by atoms with Gasteiger partial charge in [-0.2, -0.15) is 13.2 Å². The summed E-state index contributed by atoms with van der Waals surface area (Å²) in [6, 6.07) is 7.39. The highest BCUT2D eigenvalue weighted by Gasteiger charge is 2.33. The number of rotatable bonds is 6. The Bertz CT molecular complexity index is 1060. The van der Waals surface area contributed by atoms with Crippen LogP contribution in [-0.2, 0) is 15.7 Å². The lowest BCUT2D eigenvalue weighted by atomic mass is 10.1. The van der Waals surface area contributed by atoms with E-state index in [2.05, 4.69) is 0 Å². The molecule has 2 aromatic rings. The third-order valence-electron chi connectivity index (χ3n) is 5.19. The Morgan fingerprint density at radius 3 is 2.64 bits per heavy atom. The molecule has 0 bridgehead atoms. The van der Waals surface area contributed by atoms with E-state index < -0.39 is 29.6 Å². The van der Waals surface area contributed by atoms with Gasteiger partial charge in [0.1, 0.15) is 24.3 Å². The van der Waals surface area contributed by atoms with Gasteiger partial charge in [-0.3, -0.25) is 9.59 Å². The molecule has 1 saturated heterocycles. The lowest BCUT2D eigenvalue weighted by Crippen LogP contribution is -2.47. The summed E-state index contributed by atoms with van der Waals surface area (Å²) in [5.41, 5.74) is -0.0548. The fourth-order valence-corrected chi connectivity index (χ4v) is 3.52. The molecule has 1 amide bonds. The van der Waals surface area contributed by atoms with Gasteiger partial charge in [0.05, 0.1) is 18.7 Å². The first-order valence-corrected chi connectivity index (χ1v) is 10.2. The summed E-state index contributed by atoms with van der Waals surface area (Å²) in [4.78, 5) is 25.5. The van der Waals surface area contributed by atoms with E-state index in [4.69, 9.17) is 9.47 Å². The molecule has 0 aromatic heterocycles. The summed E-state index contributed by atoms with van der Waals surface area (Å²) in [5.74, 6) is -0.976. The smallest absolute Gasteiger partial charge is 0.417 e. The number of morpholine rings is 1. The summed E-state index contributed by atoms with van der Waals surface area (Å²) < 4.78 is 64.0. The highest BCUT2D eigenvalue weighted by molar-refractivity contribution is 5.95. The van der Waals surface area contributed by atoms with Crippen LogP contribution in [0.4, 0.5) is 17.6 Å². The molecule has 1 atom stereocenters. The number of Topliss-reactive ketones (excluding diaryl/α,β-unsaturated/α-hetero) is 1. The molecule has 5 nitrogen and oxygen atoms in total. The molecule has 0 aliphatic carbocycles. The van der Waals surface area contributed by atoms with Gasteiger partial charge in [-0.25, -0.2) is 4.39 Å². The first-order chi connectivity index (χ1) is 15.5. The molecule has 1 heterocycles. The van der Waals surface area contributed by atoms with Gasteiger partial charge >= 0.3 is 6.18 Å². The summed E-state index contributed by atoms with van der Waals surface area (Å²) in [6.07, 6.45) is -3.10. The minimum absolute atomic E-state index is 0.0418. The second-order valence-electron chi connectivity index (χ2n) is 7.68. The van der Waals surface area contributed by atoms with E-state index in [1.165, 1.54) is 11.8 Å². The molecule has 0 saturated carbocycles. The molecule has 0 radical (unpaired) electrons. The number of carbonyl (C=O) groups is 2. The van der Waals surface area contributed by atoms with Crippen LogP contribution in [0.1, 0.15) is 34.0 Å². The van der Waals surface area contributed by atoms with Crippen LogP contribution in [0.25, 0.3) is 6.08 Å². The van der Waals surface area contributed by atoms with Crippen molar-refractivity contribution in [1.82, 2.24) is 4.90 Å². The minimum Gasteiger partial charge on any atom is -0.491 e. The molecule has 176 valence electrons. The molecule has 1 unspecified atom stereocenters. The third kappa shape index (κ3) is 6.41. The van der Waals surface area contributed by atoms with Crippen LogP contribution < -0.4 is 4.74 Å². The summed E-state index contributed by atoms with van der Waals surface area (Å²) in [5, 5.41) is 0. The van der Waals surface area contributed by atoms with Gasteiger partial charge in [-0.1, -0.05) is 6.07 Å². The summed E-state index contributed by atoms with van der Waals surface area (Å²) in [6.45, 7) is 4.17. The zero-order valence-electron chi connectivity index (χ0n) is 18.1. The van der Waals surface area contributed by atoms with Gasteiger partial charge in [-0.15, -0.1) is 0 Å². The van der Waals surface area contributed by atoms with Crippen molar-refractivity contribution in [1.29, 1.82) is 0 Å². The van der Waals surface area contributed by atoms with Crippen molar-refractivity contribution in [3.05, 3.63) is 70.5 Å². The molecule has 9 heteroatoms. The van der Waals surface area contributed by atoms with E-state index >= 15 is 0 Å². The van der Waals surface area contributed by atoms with Crippen LogP contribution >= 0.6 is 0 Å². The molecule has 2 aromatic carbocycles. The van der Waals surface area contributed by atoms with Crippen molar-refractivity contribution < 1.29 is 36.6 Å². The minimum atomic E-state index is -4.74. The van der Waals surface area contributed by atoms with Gasteiger partial charge in [0, 0.05) is 18.2 Å². The van der Waals surface area contributed by atoms with Gasteiger partial charge in [0.15, 0.2) is 5.78 Å². The normalized spacial score (nSPS) is 16.8. The van der Waals surface area contributed by atoms with Crippen LogP contribution in [-0.4, -0.2) is 49.0 Å². The maximum absolute atomic E-state index is 13.2. The lowest BCUT2D eigenvalue weighted by Gasteiger charge is -2.32. The van der Waals surface area contributed by atoms with Crippen molar-refractivity contribution in [2.75, 3.05) is 26.3 Å². The van der Waals surface area contributed by atoms with E-state index in [1.807, 2.05) is 0 Å². The Morgan fingerprint density at radius 1 is 1.21 bits per heavy atom. The number of alkyl halides is 3. The highest BCUT2D eigenvalue weighted by atomic mass is 19.4. The molecule has 1 fully saturated rings. The average molecular weight is 465 g/mol. The average Bonchev–Trinajstić information content (AvgIpc) is 2.76. The maximum atomic E-state index is 13.2. The lowest BCUT2D eigenvalue weighted by molar-refractivity contribution is -0.138. The van der Waals surface area contributed by atoms with E-state index in [0.29, 0.717) is 17.4 Å². The van der Waals surface area contributed by atoms with E-state index in [9.17, 15) is 27.2 Å². The van der Waals surface area contributed by atoms with Crippen LogP contribution in [0.5, 0.6) is 5.75 Å². The predicted octanol–water partition coefficient (Wildman–Crippen LogP) is 4.68. The molecule has 0 N–H and O–H groups in total. The van der Waals surface area contributed by atoms with E-state index in [1.54, 1.807) is 25.1 Å². The molecule has 3 rings (SSSR count). The van der Waals surface area contributed by atoms with Gasteiger partial charge in [-0.05, 0) is 61.4 Å². The van der Waals surface area contributed by atoms with Crippen molar-refractivity contribution in [3.8, 4) is 5.75 Å². The number of hydrogen-bond donors (Lipinski definition) is 0. The molecule has 1 aliphatic rings. The van der Waals surface area contributed by atoms with Crippen molar-refractivity contribution in [2.45, 2.75) is 26.1 Å². The molecule has 1 aliphatic heterocycles. The molecule has 33 heavy (non-hydrogen) atoms. The highest BCUT2D eigenvalue weighted by Crippen LogP contribution is 2.33. The Kier molecular flexibility index (Phi) is 7.53. The first-order valence-electron chi connectivity index (χ1n) is 10.2. The quantitative estimate of drug-likeness (QED) is 0.353. The number of carbonyl (C=O) groups excluding carboxylic acids is 2. The zero-order chi connectivity index (χ0) is 24.2. The van der Waals surface area contributed by atoms with Gasteiger partial charge in [0.2, 0.25) is 5.91 Å². The Hall–Kier alpha value is -3.20. The first kappa shape index (κ1) is 24.4. The van der Waals surface area contributed by atoms with Crippen LogP contribution in [0.2, 0.25) is 0 Å². The number of ketones is 1. The maximum Gasteiger partial charge on any atom is 0.417 e. The summed E-state index contributed by atoms with van der Waals surface area (Å²) >= 11 is 0. The fraction of sp³-hybridized carbons (Fsp3) is 0.333. The second kappa shape index (κ2) is 10.2. The Labute approximate surface area is 188 Å². The van der Waals surface area contributed by atoms with E-state index in [0.717, 1.165) is 29.8 Å². The number of ether oxygens (including phenoxy) is 2. The number of hydrogen-bond acceptors (Lipinski definition) is 4. The number of nitrogens with zero attached hydrogens (tertiary/aromatic N) is 1. The zero-order valence-corrected chi connectivity index (χ0v) is 18.1. The third-order valence-corrected chi connectivity index (χ3v) is 5.19.